The van der Waals surface area contributed by atoms with Crippen LogP contribution in [-0.2, 0) is 0 Å². The van der Waals surface area contributed by atoms with Crippen molar-refractivity contribution < 1.29 is 4.79 Å². The van der Waals surface area contributed by atoms with Gasteiger partial charge in [-0.1, -0.05) is 20.3 Å². The van der Waals surface area contributed by atoms with E-state index < -0.39 is 0 Å². The fourth-order valence-corrected chi connectivity index (χ4v) is 2.33. The zero-order chi connectivity index (χ0) is 12.0. The maximum Gasteiger partial charge on any atom is 0.317 e. The fourth-order valence-electron chi connectivity index (χ4n) is 2.33. The molecule has 0 saturated carbocycles. The van der Waals surface area contributed by atoms with E-state index >= 15 is 0 Å². The van der Waals surface area contributed by atoms with Gasteiger partial charge in [0.2, 0.25) is 0 Å². The largest absolute Gasteiger partial charge is 0.338 e. The topological polar surface area (TPSA) is 58.4 Å². The first kappa shape index (κ1) is 13.3. The minimum atomic E-state index is 0.0652. The molecule has 0 spiro atoms. The zero-order valence-corrected chi connectivity index (χ0v) is 10.5. The van der Waals surface area contributed by atoms with E-state index in [9.17, 15) is 4.79 Å². The summed E-state index contributed by atoms with van der Waals surface area (Å²) >= 11 is 0. The summed E-state index contributed by atoms with van der Waals surface area (Å²) in [4.78, 5) is 13.9. The molecule has 4 nitrogen and oxygen atoms in total. The summed E-state index contributed by atoms with van der Waals surface area (Å²) in [5.41, 5.74) is 5.76. The predicted octanol–water partition coefficient (Wildman–Crippen LogP) is 1.56. The van der Waals surface area contributed by atoms with Gasteiger partial charge in [0.15, 0.2) is 0 Å². The van der Waals surface area contributed by atoms with Crippen molar-refractivity contribution in [1.29, 1.82) is 0 Å². The molecule has 0 aliphatic carbocycles. The molecule has 1 heterocycles. The number of nitrogens with one attached hydrogen (secondary N) is 1. The summed E-state index contributed by atoms with van der Waals surface area (Å²) in [6.07, 6.45) is 4.43. The first-order chi connectivity index (χ1) is 7.70. The minimum Gasteiger partial charge on any atom is -0.338 e. The number of hydrogen-bond acceptors (Lipinski definition) is 2. The molecule has 1 saturated heterocycles. The van der Waals surface area contributed by atoms with Gasteiger partial charge in [-0.25, -0.2) is 4.79 Å². The van der Waals surface area contributed by atoms with E-state index in [1.807, 2.05) is 4.90 Å². The van der Waals surface area contributed by atoms with Gasteiger partial charge in [0.25, 0.3) is 0 Å². The number of carbonyl (C=O) groups excluding carboxylic acids is 1. The van der Waals surface area contributed by atoms with Crippen molar-refractivity contribution in [3.8, 4) is 0 Å². The Balaban J connectivity index is 2.45. The van der Waals surface area contributed by atoms with E-state index in [1.54, 1.807) is 0 Å². The van der Waals surface area contributed by atoms with E-state index in [1.165, 1.54) is 6.42 Å². The lowest BCUT2D eigenvalue weighted by Crippen LogP contribution is -2.54. The van der Waals surface area contributed by atoms with Gasteiger partial charge in [-0.3, -0.25) is 0 Å². The zero-order valence-electron chi connectivity index (χ0n) is 10.5. The number of piperidine rings is 1. The van der Waals surface area contributed by atoms with Crippen LogP contribution in [0.15, 0.2) is 0 Å². The van der Waals surface area contributed by atoms with Gasteiger partial charge < -0.3 is 16.0 Å². The van der Waals surface area contributed by atoms with Crippen molar-refractivity contribution in [2.24, 2.45) is 11.7 Å². The molecule has 2 unspecified atom stereocenters. The van der Waals surface area contributed by atoms with Gasteiger partial charge in [0.05, 0.1) is 0 Å². The smallest absolute Gasteiger partial charge is 0.317 e. The van der Waals surface area contributed by atoms with E-state index in [4.69, 9.17) is 5.73 Å². The second kappa shape index (κ2) is 6.74. The Labute approximate surface area is 98.6 Å². The van der Waals surface area contributed by atoms with Gasteiger partial charge >= 0.3 is 6.03 Å². The normalized spacial score (nSPS) is 25.6. The van der Waals surface area contributed by atoms with Gasteiger partial charge in [0, 0.05) is 25.7 Å². The lowest BCUT2D eigenvalue weighted by atomic mass is 9.91. The van der Waals surface area contributed by atoms with E-state index in [0.717, 1.165) is 32.4 Å². The van der Waals surface area contributed by atoms with Crippen molar-refractivity contribution in [1.82, 2.24) is 10.2 Å². The predicted molar refractivity (Wildman–Crippen MR) is 66.3 cm³/mol. The highest BCUT2D eigenvalue weighted by molar-refractivity contribution is 5.74. The van der Waals surface area contributed by atoms with Gasteiger partial charge in [-0.2, -0.15) is 0 Å². The maximum absolute atomic E-state index is 11.9. The highest BCUT2D eigenvalue weighted by Crippen LogP contribution is 2.22. The first-order valence-corrected chi connectivity index (χ1v) is 6.45. The van der Waals surface area contributed by atoms with Gasteiger partial charge in [-0.05, 0) is 25.2 Å². The lowest BCUT2D eigenvalue weighted by Gasteiger charge is -2.39. The number of unbranched alkanes of at least 4 members (excludes halogenated alkanes) is 1. The molecule has 1 aliphatic heterocycles. The van der Waals surface area contributed by atoms with Crippen molar-refractivity contribution in [2.45, 2.75) is 45.6 Å². The highest BCUT2D eigenvalue weighted by atomic mass is 16.2. The summed E-state index contributed by atoms with van der Waals surface area (Å²) < 4.78 is 0. The first-order valence-electron chi connectivity index (χ1n) is 6.45. The summed E-state index contributed by atoms with van der Waals surface area (Å²) in [6.45, 7) is 6.50. The molecule has 1 rings (SSSR count). The molecule has 0 aromatic carbocycles. The molecule has 3 N–H and O–H groups in total. The van der Waals surface area contributed by atoms with Crippen molar-refractivity contribution in [2.75, 3.05) is 19.6 Å². The molecular weight excluding hydrogens is 202 g/mol. The molecule has 2 amide bonds. The fraction of sp³-hybridized carbons (Fsp3) is 0.917. The standard InChI is InChI=1S/C12H25N3O/c1-3-4-7-14-12(16)15-8-5-6-10(2)11(15)9-13/h10-11H,3-9,13H2,1-2H3,(H,14,16). The summed E-state index contributed by atoms with van der Waals surface area (Å²) in [5.74, 6) is 0.524. The van der Waals surface area contributed by atoms with Crippen LogP contribution in [-0.4, -0.2) is 36.6 Å². The van der Waals surface area contributed by atoms with Crippen LogP contribution >= 0.6 is 0 Å². The van der Waals surface area contributed by atoms with E-state index in [2.05, 4.69) is 19.2 Å². The van der Waals surface area contributed by atoms with Crippen LogP contribution in [0.4, 0.5) is 4.79 Å². The number of urea groups is 1. The van der Waals surface area contributed by atoms with Gasteiger partial charge in [-0.15, -0.1) is 0 Å². The Bertz CT molecular complexity index is 220. The second-order valence-electron chi connectivity index (χ2n) is 4.70. The SMILES string of the molecule is CCCCNC(=O)N1CCCC(C)C1CN. The van der Waals surface area contributed by atoms with E-state index in [-0.39, 0.29) is 12.1 Å². The Kier molecular flexibility index (Phi) is 5.60. The molecule has 94 valence electrons. The number of amides is 2. The number of rotatable bonds is 4. The molecule has 0 bridgehead atoms. The third-order valence-electron chi connectivity index (χ3n) is 3.42. The molecule has 0 aromatic heterocycles. The Morgan fingerprint density at radius 1 is 1.56 bits per heavy atom. The summed E-state index contributed by atoms with van der Waals surface area (Å²) in [6, 6.07) is 0.283. The molecule has 4 heteroatoms. The number of nitrogens with two attached hydrogens (primary N) is 1. The molecule has 1 aliphatic rings. The highest BCUT2D eigenvalue weighted by Gasteiger charge is 2.30. The average Bonchev–Trinajstić information content (AvgIpc) is 2.29. The molecule has 16 heavy (non-hydrogen) atoms. The van der Waals surface area contributed by atoms with Crippen LogP contribution in [0.5, 0.6) is 0 Å². The lowest BCUT2D eigenvalue weighted by molar-refractivity contribution is 0.123. The Morgan fingerprint density at radius 2 is 2.31 bits per heavy atom. The molecule has 2 atom stereocenters. The number of nitrogens with zero attached hydrogens (tertiary/aromatic N) is 1. The van der Waals surface area contributed by atoms with E-state index in [0.29, 0.717) is 12.5 Å². The van der Waals surface area contributed by atoms with Crippen LogP contribution in [0.25, 0.3) is 0 Å². The van der Waals surface area contributed by atoms with Crippen molar-refractivity contribution in [3.63, 3.8) is 0 Å². The summed E-state index contributed by atoms with van der Waals surface area (Å²) in [5, 5.41) is 2.97. The van der Waals surface area contributed by atoms with Crippen LogP contribution in [0, 0.1) is 5.92 Å². The monoisotopic (exact) mass is 227 g/mol. The van der Waals surface area contributed by atoms with Crippen LogP contribution in [0.1, 0.15) is 39.5 Å². The third-order valence-corrected chi connectivity index (χ3v) is 3.42. The van der Waals surface area contributed by atoms with Crippen molar-refractivity contribution in [3.05, 3.63) is 0 Å². The van der Waals surface area contributed by atoms with Crippen LogP contribution < -0.4 is 11.1 Å². The second-order valence-corrected chi connectivity index (χ2v) is 4.70. The molecular formula is C12H25N3O. The number of hydrogen-bond donors (Lipinski definition) is 2. The Morgan fingerprint density at radius 3 is 2.94 bits per heavy atom. The van der Waals surface area contributed by atoms with Crippen molar-refractivity contribution >= 4 is 6.03 Å². The minimum absolute atomic E-state index is 0.0652. The van der Waals surface area contributed by atoms with Gasteiger partial charge in [0.1, 0.15) is 0 Å². The molecule has 0 aromatic rings. The quantitative estimate of drug-likeness (QED) is 0.716. The Hall–Kier alpha value is -0.770. The van der Waals surface area contributed by atoms with Crippen LogP contribution in [0.2, 0.25) is 0 Å². The number of carbonyl (C=O) groups is 1. The number of likely N-dealkylation sites (tertiary alicyclic amines) is 1. The summed E-state index contributed by atoms with van der Waals surface area (Å²) in [7, 11) is 0. The average molecular weight is 227 g/mol. The molecule has 1 fully saturated rings. The maximum atomic E-state index is 11.9. The molecule has 0 radical (unpaired) electrons. The third kappa shape index (κ3) is 3.37. The van der Waals surface area contributed by atoms with Crippen LogP contribution in [0.3, 0.4) is 0 Å².